The molecule has 4 N–H and O–H groups in total. The Hall–Kier alpha value is -2.86. The number of aromatic amines is 1. The number of nitrogens with one attached hydrogen (secondary N) is 3. The van der Waals surface area contributed by atoms with E-state index in [0.717, 1.165) is 22.3 Å². The normalized spacial score (nSPS) is 12.0. The average molecular weight is 338 g/mol. The van der Waals surface area contributed by atoms with Crippen LogP contribution in [0.5, 0.6) is 0 Å². The van der Waals surface area contributed by atoms with Crippen LogP contribution in [0.3, 0.4) is 0 Å². The SMILES string of the molecule is O=C(NCc1cc2ccccc2[nH]1)NCC(CO)Cc1ccccn1. The molecule has 2 amide bonds. The standard InChI is InChI=1S/C19H22N4O2/c24-13-14(9-16-6-3-4-8-20-16)11-21-19(25)22-12-17-10-15-5-1-2-7-18(15)23-17/h1-8,10,14,23-24H,9,11-13H2,(H2,21,22,25). The molecule has 3 rings (SSSR count). The molecule has 0 bridgehead atoms. The van der Waals surface area contributed by atoms with Gasteiger partial charge in [0.15, 0.2) is 0 Å². The second-order valence-electron chi connectivity index (χ2n) is 6.02. The third-order valence-corrected chi connectivity index (χ3v) is 4.06. The number of nitrogens with zero attached hydrogens (tertiary/aromatic N) is 1. The van der Waals surface area contributed by atoms with Crippen molar-refractivity contribution in [1.29, 1.82) is 0 Å². The van der Waals surface area contributed by atoms with E-state index in [1.54, 1.807) is 6.20 Å². The first-order valence-electron chi connectivity index (χ1n) is 8.33. The maximum absolute atomic E-state index is 12.0. The predicted molar refractivity (Wildman–Crippen MR) is 97.1 cm³/mol. The summed E-state index contributed by atoms with van der Waals surface area (Å²) in [7, 11) is 0. The van der Waals surface area contributed by atoms with Gasteiger partial charge in [-0.05, 0) is 36.1 Å². The number of rotatable bonds is 7. The maximum atomic E-state index is 12.0. The van der Waals surface area contributed by atoms with Crippen LogP contribution in [0.4, 0.5) is 4.79 Å². The number of para-hydroxylation sites is 1. The van der Waals surface area contributed by atoms with E-state index in [4.69, 9.17) is 0 Å². The van der Waals surface area contributed by atoms with E-state index >= 15 is 0 Å². The number of hydrogen-bond donors (Lipinski definition) is 4. The van der Waals surface area contributed by atoms with Gasteiger partial charge in [0.25, 0.3) is 0 Å². The Morgan fingerprint density at radius 2 is 2.00 bits per heavy atom. The molecule has 6 nitrogen and oxygen atoms in total. The summed E-state index contributed by atoms with van der Waals surface area (Å²) in [5, 5.41) is 16.2. The summed E-state index contributed by atoms with van der Waals surface area (Å²) >= 11 is 0. The first-order chi connectivity index (χ1) is 12.2. The van der Waals surface area contributed by atoms with Crippen molar-refractivity contribution in [2.45, 2.75) is 13.0 Å². The number of carbonyl (C=O) groups excluding carboxylic acids is 1. The molecule has 6 heteroatoms. The number of aromatic nitrogens is 2. The third kappa shape index (κ3) is 4.81. The van der Waals surface area contributed by atoms with Gasteiger partial charge in [0, 0.05) is 42.2 Å². The first kappa shape index (κ1) is 17.0. The van der Waals surface area contributed by atoms with E-state index < -0.39 is 0 Å². The Bertz CT molecular complexity index is 783. The predicted octanol–water partition coefficient (Wildman–Crippen LogP) is 2.21. The maximum Gasteiger partial charge on any atom is 0.315 e. The van der Waals surface area contributed by atoms with Gasteiger partial charge in [0.1, 0.15) is 0 Å². The van der Waals surface area contributed by atoms with E-state index in [-0.39, 0.29) is 18.6 Å². The van der Waals surface area contributed by atoms with Crippen LogP contribution in [0.15, 0.2) is 54.7 Å². The average Bonchev–Trinajstić information content (AvgIpc) is 3.07. The van der Waals surface area contributed by atoms with Gasteiger partial charge in [-0.25, -0.2) is 4.79 Å². The van der Waals surface area contributed by atoms with Gasteiger partial charge in [-0.15, -0.1) is 0 Å². The minimum atomic E-state index is -0.252. The van der Waals surface area contributed by atoms with Crippen LogP contribution in [0.25, 0.3) is 10.9 Å². The van der Waals surface area contributed by atoms with Crippen LogP contribution >= 0.6 is 0 Å². The van der Waals surface area contributed by atoms with Crippen LogP contribution < -0.4 is 10.6 Å². The van der Waals surface area contributed by atoms with Gasteiger partial charge in [-0.1, -0.05) is 24.3 Å². The number of urea groups is 1. The minimum absolute atomic E-state index is 0.00112. The summed E-state index contributed by atoms with van der Waals surface area (Å²) in [5.41, 5.74) is 2.90. The Labute approximate surface area is 146 Å². The van der Waals surface area contributed by atoms with E-state index in [2.05, 4.69) is 20.6 Å². The molecule has 0 radical (unpaired) electrons. The summed E-state index contributed by atoms with van der Waals surface area (Å²) in [6, 6.07) is 15.4. The lowest BCUT2D eigenvalue weighted by Crippen LogP contribution is -2.39. The molecule has 0 fully saturated rings. The Kier molecular flexibility index (Phi) is 5.64. The molecule has 0 spiro atoms. The number of H-pyrrole nitrogens is 1. The number of fused-ring (bicyclic) bond motifs is 1. The molecule has 3 aromatic rings. The number of aliphatic hydroxyl groups excluding tert-OH is 1. The van der Waals surface area contributed by atoms with Crippen molar-refractivity contribution in [2.75, 3.05) is 13.2 Å². The number of carbonyl (C=O) groups is 1. The van der Waals surface area contributed by atoms with Crippen molar-refractivity contribution >= 4 is 16.9 Å². The Balaban J connectivity index is 1.45. The summed E-state index contributed by atoms with van der Waals surface area (Å²) < 4.78 is 0. The van der Waals surface area contributed by atoms with Crippen LogP contribution in [0.1, 0.15) is 11.4 Å². The highest BCUT2D eigenvalue weighted by Gasteiger charge is 2.11. The zero-order valence-corrected chi connectivity index (χ0v) is 13.9. The monoisotopic (exact) mass is 338 g/mol. The first-order valence-corrected chi connectivity index (χ1v) is 8.33. The molecule has 1 aromatic carbocycles. The van der Waals surface area contributed by atoms with Crippen molar-refractivity contribution in [2.24, 2.45) is 5.92 Å². The fourth-order valence-corrected chi connectivity index (χ4v) is 2.72. The quantitative estimate of drug-likeness (QED) is 0.532. The van der Waals surface area contributed by atoms with Gasteiger partial charge in [-0.2, -0.15) is 0 Å². The van der Waals surface area contributed by atoms with Gasteiger partial charge in [-0.3, -0.25) is 4.98 Å². The van der Waals surface area contributed by atoms with Gasteiger partial charge in [0.05, 0.1) is 6.54 Å². The highest BCUT2D eigenvalue weighted by Crippen LogP contribution is 2.14. The molecule has 2 aromatic heterocycles. The molecule has 2 heterocycles. The minimum Gasteiger partial charge on any atom is -0.396 e. The molecule has 25 heavy (non-hydrogen) atoms. The molecule has 0 aliphatic rings. The lowest BCUT2D eigenvalue weighted by Gasteiger charge is -2.15. The van der Waals surface area contributed by atoms with Gasteiger partial charge < -0.3 is 20.7 Å². The van der Waals surface area contributed by atoms with E-state index in [0.29, 0.717) is 19.5 Å². The van der Waals surface area contributed by atoms with Crippen molar-refractivity contribution in [3.63, 3.8) is 0 Å². The topological polar surface area (TPSA) is 90.0 Å². The molecule has 0 aliphatic heterocycles. The molecular formula is C19H22N4O2. The second-order valence-corrected chi connectivity index (χ2v) is 6.02. The highest BCUT2D eigenvalue weighted by atomic mass is 16.3. The zero-order valence-electron chi connectivity index (χ0n) is 13.9. The van der Waals surface area contributed by atoms with E-state index in [1.807, 2.05) is 48.5 Å². The number of hydrogen-bond acceptors (Lipinski definition) is 3. The number of benzene rings is 1. The highest BCUT2D eigenvalue weighted by molar-refractivity contribution is 5.80. The Morgan fingerprint density at radius 1 is 1.16 bits per heavy atom. The van der Waals surface area contributed by atoms with Crippen LogP contribution in [0, 0.1) is 5.92 Å². The molecule has 130 valence electrons. The Morgan fingerprint density at radius 3 is 2.76 bits per heavy atom. The summed E-state index contributed by atoms with van der Waals surface area (Å²) in [5.74, 6) is -0.0614. The second kappa shape index (κ2) is 8.30. The lowest BCUT2D eigenvalue weighted by molar-refractivity contribution is 0.213. The molecule has 0 saturated heterocycles. The van der Waals surface area contributed by atoms with Crippen molar-refractivity contribution in [1.82, 2.24) is 20.6 Å². The fourth-order valence-electron chi connectivity index (χ4n) is 2.72. The molecule has 1 unspecified atom stereocenters. The van der Waals surface area contributed by atoms with E-state index in [1.165, 1.54) is 0 Å². The summed E-state index contributed by atoms with van der Waals surface area (Å²) in [4.78, 5) is 19.5. The number of amides is 2. The molecule has 0 aliphatic carbocycles. The summed E-state index contributed by atoms with van der Waals surface area (Å²) in [6.07, 6.45) is 2.35. The van der Waals surface area contributed by atoms with Crippen LogP contribution in [-0.4, -0.2) is 34.3 Å². The fraction of sp³-hybridized carbons (Fsp3) is 0.263. The van der Waals surface area contributed by atoms with Crippen LogP contribution in [0.2, 0.25) is 0 Å². The number of aliphatic hydroxyl groups is 1. The molecule has 0 saturated carbocycles. The van der Waals surface area contributed by atoms with Crippen molar-refractivity contribution in [3.8, 4) is 0 Å². The van der Waals surface area contributed by atoms with Crippen molar-refractivity contribution in [3.05, 3.63) is 66.1 Å². The zero-order chi connectivity index (χ0) is 17.5. The third-order valence-electron chi connectivity index (χ3n) is 4.06. The van der Waals surface area contributed by atoms with E-state index in [9.17, 15) is 9.90 Å². The lowest BCUT2D eigenvalue weighted by atomic mass is 10.0. The molecular weight excluding hydrogens is 316 g/mol. The van der Waals surface area contributed by atoms with Crippen molar-refractivity contribution < 1.29 is 9.90 Å². The van der Waals surface area contributed by atoms with Crippen LogP contribution in [-0.2, 0) is 13.0 Å². The smallest absolute Gasteiger partial charge is 0.315 e. The summed E-state index contributed by atoms with van der Waals surface area (Å²) in [6.45, 7) is 0.815. The largest absolute Gasteiger partial charge is 0.396 e. The van der Waals surface area contributed by atoms with Gasteiger partial charge >= 0.3 is 6.03 Å². The number of pyridine rings is 1. The molecule has 1 atom stereocenters. The van der Waals surface area contributed by atoms with Gasteiger partial charge in [0.2, 0.25) is 0 Å².